The van der Waals surface area contributed by atoms with Gasteiger partial charge in [-0.2, -0.15) is 5.26 Å². The van der Waals surface area contributed by atoms with Gasteiger partial charge in [-0.1, -0.05) is 0 Å². The second-order valence-electron chi connectivity index (χ2n) is 1.28. The molecule has 0 aromatic carbocycles. The van der Waals surface area contributed by atoms with E-state index in [1.54, 1.807) is 0 Å². The van der Waals surface area contributed by atoms with E-state index in [0.717, 1.165) is 0 Å². The Morgan fingerprint density at radius 1 is 1.75 bits per heavy atom. The summed E-state index contributed by atoms with van der Waals surface area (Å²) in [6, 6.07) is 3.34. The van der Waals surface area contributed by atoms with Crippen LogP contribution in [0.5, 0.6) is 5.75 Å². The Hall–Kier alpha value is -1.01. The van der Waals surface area contributed by atoms with Crippen LogP contribution in [0.3, 0.4) is 0 Å². The summed E-state index contributed by atoms with van der Waals surface area (Å²) in [7, 11) is 0. The van der Waals surface area contributed by atoms with Crippen LogP contribution in [-0.4, -0.2) is 5.11 Å². The number of aromatic hydroxyl groups is 1. The molecule has 0 bridgehead atoms. The number of nitriles is 1. The topological polar surface area (TPSA) is 44.0 Å². The lowest BCUT2D eigenvalue weighted by Gasteiger charge is -1.69. The minimum absolute atomic E-state index is 0.173. The molecule has 3 heteroatoms. The molecule has 1 heterocycles. The molecule has 0 atom stereocenters. The number of thiophene rings is 1. The normalized spacial score (nSPS) is 8.38. The van der Waals surface area contributed by atoms with Gasteiger partial charge < -0.3 is 5.11 Å². The predicted octanol–water partition coefficient (Wildman–Crippen LogP) is 1.33. The molecule has 0 fully saturated rings. The zero-order chi connectivity index (χ0) is 5.98. The maximum Gasteiger partial charge on any atom is 0.127 e. The average Bonchev–Trinajstić information content (AvgIpc) is 2.14. The zero-order valence-electron chi connectivity index (χ0n) is 3.96. The van der Waals surface area contributed by atoms with Crippen LogP contribution in [0, 0.1) is 11.3 Å². The molecule has 0 amide bonds. The van der Waals surface area contributed by atoms with Crippen LogP contribution in [0.15, 0.2) is 11.4 Å². The van der Waals surface area contributed by atoms with Gasteiger partial charge in [-0.15, -0.1) is 11.3 Å². The quantitative estimate of drug-likeness (QED) is 0.568. The van der Waals surface area contributed by atoms with Gasteiger partial charge in [0.05, 0.1) is 0 Å². The third-order valence-electron chi connectivity index (χ3n) is 0.696. The fraction of sp³-hybridized carbons (Fsp3) is 0. The van der Waals surface area contributed by atoms with Crippen LogP contribution >= 0.6 is 11.3 Å². The van der Waals surface area contributed by atoms with E-state index in [4.69, 9.17) is 10.4 Å². The molecule has 1 aromatic rings. The summed E-state index contributed by atoms with van der Waals surface area (Å²) in [6.07, 6.45) is 0. The Morgan fingerprint density at radius 2 is 2.50 bits per heavy atom. The highest BCUT2D eigenvalue weighted by Gasteiger charge is 1.92. The van der Waals surface area contributed by atoms with Gasteiger partial charge in [-0.05, 0) is 0 Å². The van der Waals surface area contributed by atoms with Crippen molar-refractivity contribution < 1.29 is 5.11 Å². The minimum Gasteiger partial charge on any atom is -0.507 e. The molecular weight excluding hydrogens is 122 g/mol. The Balaban J connectivity index is 3.05. The Kier molecular flexibility index (Phi) is 1.18. The van der Waals surface area contributed by atoms with Crippen LogP contribution in [-0.2, 0) is 0 Å². The highest BCUT2D eigenvalue weighted by molar-refractivity contribution is 7.10. The van der Waals surface area contributed by atoms with Gasteiger partial charge in [0.25, 0.3) is 0 Å². The molecule has 2 nitrogen and oxygen atoms in total. The maximum atomic E-state index is 8.64. The third kappa shape index (κ3) is 0.796. The first-order valence-electron chi connectivity index (χ1n) is 2.00. The second kappa shape index (κ2) is 1.85. The number of nitrogens with zero attached hydrogens (tertiary/aromatic N) is 1. The summed E-state index contributed by atoms with van der Waals surface area (Å²) in [5.41, 5.74) is 0. The van der Waals surface area contributed by atoms with Crippen LogP contribution in [0.25, 0.3) is 0 Å². The van der Waals surface area contributed by atoms with E-state index >= 15 is 0 Å². The number of rotatable bonds is 0. The predicted molar refractivity (Wildman–Crippen MR) is 30.7 cm³/mol. The van der Waals surface area contributed by atoms with Gasteiger partial charge in [0.15, 0.2) is 0 Å². The van der Waals surface area contributed by atoms with Crippen molar-refractivity contribution in [3.05, 3.63) is 16.3 Å². The molecule has 0 aliphatic carbocycles. The van der Waals surface area contributed by atoms with Gasteiger partial charge >= 0.3 is 0 Å². The molecule has 0 saturated carbocycles. The van der Waals surface area contributed by atoms with Gasteiger partial charge in [0.2, 0.25) is 0 Å². The van der Waals surface area contributed by atoms with E-state index in [0.29, 0.717) is 4.88 Å². The zero-order valence-corrected chi connectivity index (χ0v) is 4.77. The van der Waals surface area contributed by atoms with Gasteiger partial charge in [0, 0.05) is 11.4 Å². The smallest absolute Gasteiger partial charge is 0.127 e. The molecule has 1 N–H and O–H groups in total. The van der Waals surface area contributed by atoms with Gasteiger partial charge in [-0.25, -0.2) is 0 Å². The highest BCUT2D eigenvalue weighted by atomic mass is 32.1. The number of hydrogen-bond acceptors (Lipinski definition) is 3. The fourth-order valence-corrected chi connectivity index (χ4v) is 0.942. The second-order valence-corrected chi connectivity index (χ2v) is 2.19. The van der Waals surface area contributed by atoms with Crippen molar-refractivity contribution >= 4 is 11.3 Å². The molecule has 8 heavy (non-hydrogen) atoms. The maximum absolute atomic E-state index is 8.64. The first-order chi connectivity index (χ1) is 3.83. The average molecular weight is 125 g/mol. The summed E-state index contributed by atoms with van der Waals surface area (Å²) in [5.74, 6) is 0.173. The highest BCUT2D eigenvalue weighted by Crippen LogP contribution is 2.17. The monoisotopic (exact) mass is 125 g/mol. The third-order valence-corrected chi connectivity index (χ3v) is 1.52. The molecule has 1 aromatic heterocycles. The lowest BCUT2D eigenvalue weighted by atomic mass is 10.5. The Morgan fingerprint density at radius 3 is 2.75 bits per heavy atom. The van der Waals surface area contributed by atoms with Crippen molar-refractivity contribution in [2.24, 2.45) is 0 Å². The van der Waals surface area contributed by atoms with Crippen molar-refractivity contribution in [2.75, 3.05) is 0 Å². The van der Waals surface area contributed by atoms with E-state index in [-0.39, 0.29) is 5.75 Å². The Bertz CT molecular complexity index is 223. The van der Waals surface area contributed by atoms with Crippen molar-refractivity contribution in [3.8, 4) is 11.8 Å². The lowest BCUT2D eigenvalue weighted by molar-refractivity contribution is 0.478. The molecule has 0 aliphatic heterocycles. The first kappa shape index (κ1) is 5.13. The van der Waals surface area contributed by atoms with E-state index in [1.165, 1.54) is 22.8 Å². The summed E-state index contributed by atoms with van der Waals surface area (Å²) in [4.78, 5) is 0.544. The number of hydrogen-bond donors (Lipinski definition) is 1. The largest absolute Gasteiger partial charge is 0.507 e. The molecule has 40 valence electrons. The summed E-state index contributed by atoms with van der Waals surface area (Å²) in [5, 5.41) is 18.4. The van der Waals surface area contributed by atoms with Crippen molar-refractivity contribution in [2.45, 2.75) is 0 Å². The van der Waals surface area contributed by atoms with Crippen LogP contribution in [0.2, 0.25) is 0 Å². The standard InChI is InChI=1S/C5H3NOS/c6-2-5-1-4(7)3-8-5/h1,3,7H. The van der Waals surface area contributed by atoms with Crippen LogP contribution < -0.4 is 0 Å². The van der Waals surface area contributed by atoms with E-state index in [9.17, 15) is 0 Å². The summed E-state index contributed by atoms with van der Waals surface area (Å²) >= 11 is 1.24. The van der Waals surface area contributed by atoms with E-state index in [2.05, 4.69) is 0 Å². The molecule has 0 aliphatic rings. The van der Waals surface area contributed by atoms with Gasteiger partial charge in [0.1, 0.15) is 16.7 Å². The van der Waals surface area contributed by atoms with E-state index in [1.807, 2.05) is 6.07 Å². The van der Waals surface area contributed by atoms with Crippen molar-refractivity contribution in [1.29, 1.82) is 5.26 Å². The Labute approximate surface area is 50.6 Å². The van der Waals surface area contributed by atoms with Crippen LogP contribution in [0.4, 0.5) is 0 Å². The fourth-order valence-electron chi connectivity index (χ4n) is 0.385. The summed E-state index contributed by atoms with van der Waals surface area (Å²) < 4.78 is 0. The van der Waals surface area contributed by atoms with Crippen molar-refractivity contribution in [1.82, 2.24) is 0 Å². The lowest BCUT2D eigenvalue weighted by Crippen LogP contribution is -1.52. The first-order valence-corrected chi connectivity index (χ1v) is 2.88. The van der Waals surface area contributed by atoms with Gasteiger partial charge in [-0.3, -0.25) is 0 Å². The molecule has 0 saturated heterocycles. The minimum atomic E-state index is 0.173. The molecular formula is C5H3NOS. The summed E-state index contributed by atoms with van der Waals surface area (Å²) in [6.45, 7) is 0. The van der Waals surface area contributed by atoms with Crippen molar-refractivity contribution in [3.63, 3.8) is 0 Å². The van der Waals surface area contributed by atoms with Crippen LogP contribution in [0.1, 0.15) is 4.88 Å². The molecule has 0 unspecified atom stereocenters. The van der Waals surface area contributed by atoms with E-state index < -0.39 is 0 Å². The molecule has 0 spiro atoms. The molecule has 0 radical (unpaired) electrons. The molecule has 1 rings (SSSR count). The SMILES string of the molecule is N#Cc1cc(O)cs1.